The number of ether oxygens (including phenoxy) is 2. The van der Waals surface area contributed by atoms with Crippen molar-refractivity contribution in [2.45, 2.75) is 19.5 Å². The van der Waals surface area contributed by atoms with Crippen LogP contribution in [0.3, 0.4) is 0 Å². The zero-order valence-corrected chi connectivity index (χ0v) is 10.5. The Morgan fingerprint density at radius 3 is 2.76 bits per heavy atom. The lowest BCUT2D eigenvalue weighted by molar-refractivity contribution is 0.171. The largest absolute Gasteiger partial charge is 0.495 e. The normalized spacial score (nSPS) is 11.9. The second-order valence-electron chi connectivity index (χ2n) is 3.88. The minimum Gasteiger partial charge on any atom is -0.495 e. The van der Waals surface area contributed by atoms with Gasteiger partial charge in [0.1, 0.15) is 11.8 Å². The predicted molar refractivity (Wildman–Crippen MR) is 65.9 cm³/mol. The molecule has 92 valence electrons. The summed E-state index contributed by atoms with van der Waals surface area (Å²) < 4.78 is 10.1. The molecule has 0 heterocycles. The Bertz CT molecular complexity index is 399. The van der Waals surface area contributed by atoms with Crippen LogP contribution >= 0.6 is 0 Å². The Balaban J connectivity index is 2.64. The van der Waals surface area contributed by atoms with Gasteiger partial charge in [-0.05, 0) is 24.6 Å². The molecule has 0 bridgehead atoms. The highest BCUT2D eigenvalue weighted by Gasteiger charge is 2.05. The van der Waals surface area contributed by atoms with Gasteiger partial charge in [0, 0.05) is 19.7 Å². The van der Waals surface area contributed by atoms with Crippen LogP contribution < -0.4 is 10.1 Å². The van der Waals surface area contributed by atoms with Gasteiger partial charge in [-0.2, -0.15) is 5.26 Å². The zero-order chi connectivity index (χ0) is 12.7. The lowest BCUT2D eigenvalue weighted by Gasteiger charge is -2.13. The monoisotopic (exact) mass is 234 g/mol. The van der Waals surface area contributed by atoms with Gasteiger partial charge in [0.25, 0.3) is 0 Å². The fraction of sp³-hybridized carbons (Fsp3) is 0.462. The number of nitriles is 1. The first-order valence-corrected chi connectivity index (χ1v) is 5.50. The molecule has 0 saturated carbocycles. The van der Waals surface area contributed by atoms with Crippen molar-refractivity contribution in [3.05, 3.63) is 29.3 Å². The van der Waals surface area contributed by atoms with Crippen LogP contribution in [-0.4, -0.2) is 26.9 Å². The second kappa shape index (κ2) is 6.89. The Morgan fingerprint density at radius 1 is 1.41 bits per heavy atom. The van der Waals surface area contributed by atoms with Crippen molar-refractivity contribution in [2.24, 2.45) is 0 Å². The molecule has 1 aromatic carbocycles. The molecular formula is C13H18N2O2. The Morgan fingerprint density at radius 2 is 2.18 bits per heavy atom. The van der Waals surface area contributed by atoms with Crippen LogP contribution in [0.15, 0.2) is 18.2 Å². The average Bonchev–Trinajstić information content (AvgIpc) is 2.36. The third kappa shape index (κ3) is 4.06. The number of methoxy groups -OCH3 is 2. The smallest absolute Gasteiger partial charge is 0.136 e. The van der Waals surface area contributed by atoms with Crippen molar-refractivity contribution in [1.29, 1.82) is 5.26 Å². The van der Waals surface area contributed by atoms with E-state index in [1.165, 1.54) is 0 Å². The topological polar surface area (TPSA) is 54.3 Å². The van der Waals surface area contributed by atoms with Crippen LogP contribution in [0.2, 0.25) is 0 Å². The Labute approximate surface area is 102 Å². The van der Waals surface area contributed by atoms with E-state index in [1.807, 2.05) is 18.2 Å². The molecule has 1 atom stereocenters. The van der Waals surface area contributed by atoms with Gasteiger partial charge in [0.15, 0.2) is 0 Å². The van der Waals surface area contributed by atoms with Gasteiger partial charge in [-0.25, -0.2) is 0 Å². The standard InChI is InChI=1S/C13H18N2O2/c1-10(9-16-2)15-8-11-4-5-13(17-3)12(6-11)7-14/h4-6,10,15H,8-9H2,1-3H3. The quantitative estimate of drug-likeness (QED) is 0.813. The molecule has 0 amide bonds. The predicted octanol–water partition coefficient (Wildman–Crippen LogP) is 1.69. The number of rotatable bonds is 6. The maximum absolute atomic E-state index is 8.97. The molecule has 17 heavy (non-hydrogen) atoms. The van der Waals surface area contributed by atoms with Crippen molar-refractivity contribution < 1.29 is 9.47 Å². The summed E-state index contributed by atoms with van der Waals surface area (Å²) in [5, 5.41) is 12.3. The van der Waals surface area contributed by atoms with E-state index in [0.717, 1.165) is 5.56 Å². The lowest BCUT2D eigenvalue weighted by Crippen LogP contribution is -2.29. The molecule has 4 nitrogen and oxygen atoms in total. The van der Waals surface area contributed by atoms with Crippen LogP contribution in [0.1, 0.15) is 18.1 Å². The van der Waals surface area contributed by atoms with Crippen molar-refractivity contribution in [3.8, 4) is 11.8 Å². The molecule has 1 unspecified atom stereocenters. The van der Waals surface area contributed by atoms with Crippen molar-refractivity contribution in [2.75, 3.05) is 20.8 Å². The first-order valence-electron chi connectivity index (χ1n) is 5.50. The number of hydrogen-bond acceptors (Lipinski definition) is 4. The summed E-state index contributed by atoms with van der Waals surface area (Å²) in [6, 6.07) is 8.01. The minimum atomic E-state index is 0.285. The van der Waals surface area contributed by atoms with E-state index in [9.17, 15) is 0 Å². The van der Waals surface area contributed by atoms with Crippen molar-refractivity contribution >= 4 is 0 Å². The van der Waals surface area contributed by atoms with Gasteiger partial charge in [0.05, 0.1) is 19.3 Å². The van der Waals surface area contributed by atoms with Crippen molar-refractivity contribution in [1.82, 2.24) is 5.32 Å². The number of benzene rings is 1. The summed E-state index contributed by atoms with van der Waals surface area (Å²) in [6.45, 7) is 3.43. The van der Waals surface area contributed by atoms with Gasteiger partial charge >= 0.3 is 0 Å². The van der Waals surface area contributed by atoms with Gasteiger partial charge in [-0.3, -0.25) is 0 Å². The fourth-order valence-electron chi connectivity index (χ4n) is 1.55. The van der Waals surface area contributed by atoms with Gasteiger partial charge < -0.3 is 14.8 Å². The molecule has 1 aromatic rings. The van der Waals surface area contributed by atoms with Crippen LogP contribution in [-0.2, 0) is 11.3 Å². The van der Waals surface area contributed by atoms with Gasteiger partial charge in [0.2, 0.25) is 0 Å². The molecule has 0 aliphatic rings. The summed E-state index contributed by atoms with van der Waals surface area (Å²) in [5.41, 5.74) is 1.62. The van der Waals surface area contributed by atoms with Crippen molar-refractivity contribution in [3.63, 3.8) is 0 Å². The molecule has 0 aliphatic heterocycles. The highest BCUT2D eigenvalue weighted by molar-refractivity contribution is 5.45. The summed E-state index contributed by atoms with van der Waals surface area (Å²) in [7, 11) is 3.24. The zero-order valence-electron chi connectivity index (χ0n) is 10.5. The summed E-state index contributed by atoms with van der Waals surface area (Å²) in [4.78, 5) is 0. The molecule has 0 aliphatic carbocycles. The number of hydrogen-bond donors (Lipinski definition) is 1. The van der Waals surface area contributed by atoms with Crippen LogP contribution in [0.5, 0.6) is 5.75 Å². The average molecular weight is 234 g/mol. The minimum absolute atomic E-state index is 0.285. The highest BCUT2D eigenvalue weighted by atomic mass is 16.5. The van der Waals surface area contributed by atoms with Crippen LogP contribution in [0.4, 0.5) is 0 Å². The van der Waals surface area contributed by atoms with E-state index in [4.69, 9.17) is 14.7 Å². The molecule has 1 rings (SSSR count). The van der Waals surface area contributed by atoms with Gasteiger partial charge in [-0.1, -0.05) is 6.07 Å². The number of nitrogens with zero attached hydrogens (tertiary/aromatic N) is 1. The van der Waals surface area contributed by atoms with E-state index in [2.05, 4.69) is 18.3 Å². The maximum atomic E-state index is 8.97. The van der Waals surface area contributed by atoms with Crippen LogP contribution in [0.25, 0.3) is 0 Å². The summed E-state index contributed by atoms with van der Waals surface area (Å²) in [5.74, 6) is 0.612. The third-order valence-corrected chi connectivity index (χ3v) is 2.46. The molecule has 0 spiro atoms. The SMILES string of the molecule is COCC(C)NCc1ccc(OC)c(C#N)c1. The third-order valence-electron chi connectivity index (χ3n) is 2.46. The molecule has 0 fully saturated rings. The maximum Gasteiger partial charge on any atom is 0.136 e. The fourth-order valence-corrected chi connectivity index (χ4v) is 1.55. The highest BCUT2D eigenvalue weighted by Crippen LogP contribution is 2.18. The molecule has 0 aromatic heterocycles. The molecule has 0 radical (unpaired) electrons. The summed E-state index contributed by atoms with van der Waals surface area (Å²) >= 11 is 0. The Hall–Kier alpha value is -1.57. The first-order chi connectivity index (χ1) is 8.21. The summed E-state index contributed by atoms with van der Waals surface area (Å²) in [6.07, 6.45) is 0. The van der Waals surface area contributed by atoms with E-state index >= 15 is 0 Å². The number of nitrogens with one attached hydrogen (secondary N) is 1. The first kappa shape index (κ1) is 13.5. The molecular weight excluding hydrogens is 216 g/mol. The van der Waals surface area contributed by atoms with E-state index < -0.39 is 0 Å². The second-order valence-corrected chi connectivity index (χ2v) is 3.88. The molecule has 4 heteroatoms. The van der Waals surface area contributed by atoms with Gasteiger partial charge in [-0.15, -0.1) is 0 Å². The van der Waals surface area contributed by atoms with E-state index in [-0.39, 0.29) is 6.04 Å². The lowest BCUT2D eigenvalue weighted by atomic mass is 10.1. The molecule has 1 N–H and O–H groups in total. The van der Waals surface area contributed by atoms with E-state index in [1.54, 1.807) is 14.2 Å². The van der Waals surface area contributed by atoms with E-state index in [0.29, 0.717) is 24.5 Å². The van der Waals surface area contributed by atoms with Crippen LogP contribution in [0, 0.1) is 11.3 Å². The Kier molecular flexibility index (Phi) is 5.47. The molecule has 0 saturated heterocycles.